The van der Waals surface area contributed by atoms with Crippen molar-refractivity contribution in [2.75, 3.05) is 4.90 Å². The molecule has 21 heavy (non-hydrogen) atoms. The number of para-hydroxylation sites is 1. The standard InChI is InChI=1S/C17H17FN2S/c1-11-8-12-4-2-3-5-16(12)20(11)10-13-9-14(18)6-7-15(13)17(19)21/h2-7,9,11H,8,10H2,1H3,(H2,19,21). The molecule has 0 amide bonds. The maximum Gasteiger partial charge on any atom is 0.123 e. The largest absolute Gasteiger partial charge is 0.389 e. The molecule has 4 heteroatoms. The van der Waals surface area contributed by atoms with Gasteiger partial charge in [-0.15, -0.1) is 0 Å². The third-order valence-electron chi connectivity index (χ3n) is 4.02. The third kappa shape index (κ3) is 2.63. The van der Waals surface area contributed by atoms with E-state index in [1.54, 1.807) is 6.07 Å². The smallest absolute Gasteiger partial charge is 0.123 e. The van der Waals surface area contributed by atoms with Gasteiger partial charge in [0.05, 0.1) is 0 Å². The summed E-state index contributed by atoms with van der Waals surface area (Å²) in [5, 5.41) is 0. The van der Waals surface area contributed by atoms with Gasteiger partial charge in [0.1, 0.15) is 10.8 Å². The van der Waals surface area contributed by atoms with Gasteiger partial charge >= 0.3 is 0 Å². The van der Waals surface area contributed by atoms with Crippen LogP contribution in [0.25, 0.3) is 0 Å². The fourth-order valence-electron chi connectivity index (χ4n) is 2.99. The number of halogens is 1. The normalized spacial score (nSPS) is 16.9. The minimum absolute atomic E-state index is 0.259. The first-order valence-corrected chi connectivity index (χ1v) is 7.40. The first-order chi connectivity index (χ1) is 10.1. The van der Waals surface area contributed by atoms with E-state index in [9.17, 15) is 4.39 Å². The van der Waals surface area contributed by atoms with E-state index >= 15 is 0 Å². The first kappa shape index (κ1) is 14.0. The fourth-order valence-corrected chi connectivity index (χ4v) is 3.19. The Labute approximate surface area is 129 Å². The molecule has 0 aromatic heterocycles. The number of nitrogens with zero attached hydrogens (tertiary/aromatic N) is 1. The van der Waals surface area contributed by atoms with Crippen molar-refractivity contribution in [2.24, 2.45) is 5.73 Å². The summed E-state index contributed by atoms with van der Waals surface area (Å²) < 4.78 is 13.6. The van der Waals surface area contributed by atoms with Crippen molar-refractivity contribution in [3.05, 3.63) is 65.0 Å². The van der Waals surface area contributed by atoms with Crippen LogP contribution in [-0.4, -0.2) is 11.0 Å². The van der Waals surface area contributed by atoms with Gasteiger partial charge in [0, 0.05) is 23.8 Å². The molecular weight excluding hydrogens is 283 g/mol. The molecule has 2 aromatic rings. The highest BCUT2D eigenvalue weighted by atomic mass is 32.1. The first-order valence-electron chi connectivity index (χ1n) is 6.99. The number of benzene rings is 2. The predicted molar refractivity (Wildman–Crippen MR) is 88.1 cm³/mol. The van der Waals surface area contributed by atoms with E-state index in [-0.39, 0.29) is 5.82 Å². The monoisotopic (exact) mass is 300 g/mol. The summed E-state index contributed by atoms with van der Waals surface area (Å²) in [5.74, 6) is -0.259. The number of anilines is 1. The van der Waals surface area contributed by atoms with Gasteiger partial charge in [0.15, 0.2) is 0 Å². The predicted octanol–water partition coefficient (Wildman–Crippen LogP) is 3.41. The number of hydrogen-bond donors (Lipinski definition) is 1. The topological polar surface area (TPSA) is 29.3 Å². The van der Waals surface area contributed by atoms with Crippen molar-refractivity contribution < 1.29 is 4.39 Å². The fraction of sp³-hybridized carbons (Fsp3) is 0.235. The van der Waals surface area contributed by atoms with Gasteiger partial charge in [-0.1, -0.05) is 30.4 Å². The quantitative estimate of drug-likeness (QED) is 0.881. The molecule has 2 aromatic carbocycles. The van der Waals surface area contributed by atoms with E-state index in [1.165, 1.54) is 23.4 Å². The SMILES string of the molecule is CC1Cc2ccccc2N1Cc1cc(F)ccc1C(N)=S. The molecule has 1 atom stereocenters. The van der Waals surface area contributed by atoms with E-state index in [2.05, 4.69) is 30.0 Å². The second-order valence-corrected chi connectivity index (χ2v) is 5.92. The molecule has 0 spiro atoms. The number of fused-ring (bicyclic) bond motifs is 1. The van der Waals surface area contributed by atoms with Gasteiger partial charge in [0.25, 0.3) is 0 Å². The summed E-state index contributed by atoms with van der Waals surface area (Å²) in [5.41, 5.74) is 9.89. The van der Waals surface area contributed by atoms with Crippen LogP contribution in [-0.2, 0) is 13.0 Å². The molecule has 1 aliphatic rings. The Bertz CT molecular complexity index is 699. The molecule has 0 aliphatic carbocycles. The zero-order valence-corrected chi connectivity index (χ0v) is 12.7. The Kier molecular flexibility index (Phi) is 3.64. The van der Waals surface area contributed by atoms with Gasteiger partial charge < -0.3 is 10.6 Å². The van der Waals surface area contributed by atoms with Gasteiger partial charge in [-0.2, -0.15) is 0 Å². The number of rotatable bonds is 3. The van der Waals surface area contributed by atoms with Crippen LogP contribution < -0.4 is 10.6 Å². The zero-order valence-electron chi connectivity index (χ0n) is 11.8. The second kappa shape index (κ2) is 5.45. The highest BCUT2D eigenvalue weighted by molar-refractivity contribution is 7.80. The van der Waals surface area contributed by atoms with Crippen molar-refractivity contribution in [1.82, 2.24) is 0 Å². The Balaban J connectivity index is 1.97. The van der Waals surface area contributed by atoms with Crippen LogP contribution in [0, 0.1) is 5.82 Å². The maximum atomic E-state index is 13.6. The molecule has 1 aliphatic heterocycles. The Morgan fingerprint density at radius 3 is 2.86 bits per heavy atom. The second-order valence-electron chi connectivity index (χ2n) is 5.48. The van der Waals surface area contributed by atoms with Gasteiger partial charge in [0.2, 0.25) is 0 Å². The molecule has 1 heterocycles. The molecule has 1 unspecified atom stereocenters. The molecular formula is C17H17FN2S. The summed E-state index contributed by atoms with van der Waals surface area (Å²) >= 11 is 5.08. The minimum atomic E-state index is -0.259. The van der Waals surface area contributed by atoms with E-state index < -0.39 is 0 Å². The van der Waals surface area contributed by atoms with Crippen molar-refractivity contribution >= 4 is 22.9 Å². The lowest BCUT2D eigenvalue weighted by Crippen LogP contribution is -2.29. The summed E-state index contributed by atoms with van der Waals surface area (Å²) in [7, 11) is 0. The lowest BCUT2D eigenvalue weighted by atomic mass is 10.1. The van der Waals surface area contributed by atoms with Crippen molar-refractivity contribution in [3.63, 3.8) is 0 Å². The molecule has 3 rings (SSSR count). The van der Waals surface area contributed by atoms with Gasteiger partial charge in [-0.05, 0) is 48.7 Å². The van der Waals surface area contributed by atoms with E-state index in [0.29, 0.717) is 17.6 Å². The van der Waals surface area contributed by atoms with Crippen LogP contribution in [0.1, 0.15) is 23.6 Å². The Morgan fingerprint density at radius 2 is 2.10 bits per heavy atom. The third-order valence-corrected chi connectivity index (χ3v) is 4.24. The van der Waals surface area contributed by atoms with Crippen LogP contribution in [0.15, 0.2) is 42.5 Å². The van der Waals surface area contributed by atoms with Crippen LogP contribution in [0.2, 0.25) is 0 Å². The molecule has 108 valence electrons. The number of thiocarbonyl (C=S) groups is 1. The van der Waals surface area contributed by atoms with E-state index in [1.807, 2.05) is 6.07 Å². The summed E-state index contributed by atoms with van der Waals surface area (Å²) in [6, 6.07) is 13.3. The summed E-state index contributed by atoms with van der Waals surface area (Å²) in [6.07, 6.45) is 1.01. The van der Waals surface area contributed by atoms with Crippen molar-refractivity contribution in [3.8, 4) is 0 Å². The molecule has 0 saturated heterocycles. The summed E-state index contributed by atoms with van der Waals surface area (Å²) in [4.78, 5) is 2.59. The molecule has 2 nitrogen and oxygen atoms in total. The van der Waals surface area contributed by atoms with Crippen LogP contribution in [0.3, 0.4) is 0 Å². The summed E-state index contributed by atoms with van der Waals surface area (Å²) in [6.45, 7) is 2.79. The maximum absolute atomic E-state index is 13.6. The molecule has 2 N–H and O–H groups in total. The average molecular weight is 300 g/mol. The highest BCUT2D eigenvalue weighted by Gasteiger charge is 2.26. The van der Waals surface area contributed by atoms with E-state index in [0.717, 1.165) is 17.5 Å². The van der Waals surface area contributed by atoms with Crippen LogP contribution >= 0.6 is 12.2 Å². The van der Waals surface area contributed by atoms with Gasteiger partial charge in [-0.25, -0.2) is 4.39 Å². The lowest BCUT2D eigenvalue weighted by Gasteiger charge is -2.26. The molecule has 0 bridgehead atoms. The number of nitrogens with two attached hydrogens (primary N) is 1. The highest BCUT2D eigenvalue weighted by Crippen LogP contribution is 2.33. The van der Waals surface area contributed by atoms with E-state index in [4.69, 9.17) is 18.0 Å². The molecule has 0 saturated carbocycles. The average Bonchev–Trinajstić information content (AvgIpc) is 2.75. The molecule has 0 fully saturated rings. The Hall–Kier alpha value is -1.94. The number of hydrogen-bond acceptors (Lipinski definition) is 2. The van der Waals surface area contributed by atoms with Crippen molar-refractivity contribution in [2.45, 2.75) is 25.9 Å². The Morgan fingerprint density at radius 1 is 1.33 bits per heavy atom. The molecule has 0 radical (unpaired) electrons. The van der Waals surface area contributed by atoms with Crippen molar-refractivity contribution in [1.29, 1.82) is 0 Å². The van der Waals surface area contributed by atoms with Crippen LogP contribution in [0.5, 0.6) is 0 Å². The van der Waals surface area contributed by atoms with Crippen LogP contribution in [0.4, 0.5) is 10.1 Å². The lowest BCUT2D eigenvalue weighted by molar-refractivity contribution is 0.620. The van der Waals surface area contributed by atoms with Gasteiger partial charge in [-0.3, -0.25) is 0 Å². The minimum Gasteiger partial charge on any atom is -0.389 e. The zero-order chi connectivity index (χ0) is 15.0.